The number of amides is 2. The summed E-state index contributed by atoms with van der Waals surface area (Å²) in [5.74, 6) is -1.23. The van der Waals surface area contributed by atoms with Crippen LogP contribution >= 0.6 is 11.6 Å². The van der Waals surface area contributed by atoms with E-state index in [4.69, 9.17) is 11.6 Å². The number of nitrogens with zero attached hydrogens (tertiary/aromatic N) is 2. The van der Waals surface area contributed by atoms with E-state index in [9.17, 15) is 31.2 Å². The molecular weight excluding hydrogens is 675 g/mol. The quantitative estimate of drug-likeness (QED) is 0.154. The van der Waals surface area contributed by atoms with E-state index >= 15 is 0 Å². The molecule has 7 nitrogen and oxygen atoms in total. The van der Waals surface area contributed by atoms with Crippen molar-refractivity contribution in [3.63, 3.8) is 0 Å². The Morgan fingerprint density at radius 2 is 1.53 bits per heavy atom. The van der Waals surface area contributed by atoms with E-state index in [0.29, 0.717) is 22.4 Å². The molecule has 0 heterocycles. The molecule has 260 valence electrons. The van der Waals surface area contributed by atoms with Crippen molar-refractivity contribution < 1.29 is 31.2 Å². The van der Waals surface area contributed by atoms with Gasteiger partial charge in [-0.1, -0.05) is 90.8 Å². The molecule has 0 fully saturated rings. The van der Waals surface area contributed by atoms with Crippen molar-refractivity contribution in [3.05, 3.63) is 130 Å². The van der Waals surface area contributed by atoms with E-state index < -0.39 is 56.9 Å². The summed E-state index contributed by atoms with van der Waals surface area (Å²) in [6.07, 6.45) is -4.18. The van der Waals surface area contributed by atoms with Crippen LogP contribution < -0.4 is 9.62 Å². The molecule has 4 aromatic carbocycles. The lowest BCUT2D eigenvalue weighted by Crippen LogP contribution is -2.54. The first-order valence-corrected chi connectivity index (χ1v) is 17.6. The van der Waals surface area contributed by atoms with Crippen molar-refractivity contribution in [2.75, 3.05) is 10.8 Å². The third kappa shape index (κ3) is 9.42. The van der Waals surface area contributed by atoms with Crippen LogP contribution in [0.3, 0.4) is 0 Å². The highest BCUT2D eigenvalue weighted by molar-refractivity contribution is 7.92. The highest BCUT2D eigenvalue weighted by Gasteiger charge is 2.38. The Labute approximate surface area is 290 Å². The summed E-state index contributed by atoms with van der Waals surface area (Å²) in [7, 11) is -4.61. The Morgan fingerprint density at radius 1 is 0.898 bits per heavy atom. The maximum absolute atomic E-state index is 14.6. The van der Waals surface area contributed by atoms with E-state index in [1.54, 1.807) is 43.3 Å². The molecule has 2 amide bonds. The molecule has 0 spiro atoms. The van der Waals surface area contributed by atoms with Crippen molar-refractivity contribution in [2.24, 2.45) is 0 Å². The standard InChI is InChI=1S/C37H39ClF3N3O4S/c1-5-27(4)42-36(46)34(21-28-12-7-6-8-13-28)43(23-29-14-10-9-11-26(29)3)35(45)24-44(49(47,48)31-18-15-25(2)16-19-31)30-17-20-33(38)32(22-30)37(39,40)41/h6-20,22,27,34H,5,21,23-24H2,1-4H3,(H,42,46). The molecule has 0 aliphatic rings. The molecule has 4 rings (SSSR count). The van der Waals surface area contributed by atoms with Crippen LogP contribution in [0, 0.1) is 13.8 Å². The molecule has 0 bridgehead atoms. The summed E-state index contributed by atoms with van der Waals surface area (Å²) < 4.78 is 71.0. The number of hydrogen-bond donors (Lipinski definition) is 1. The number of sulfonamides is 1. The molecule has 12 heteroatoms. The lowest BCUT2D eigenvalue weighted by molar-refractivity contribution is -0.140. The first-order chi connectivity index (χ1) is 23.1. The van der Waals surface area contributed by atoms with Gasteiger partial charge in [0.25, 0.3) is 10.0 Å². The lowest BCUT2D eigenvalue weighted by atomic mass is 10.0. The van der Waals surface area contributed by atoms with Crippen LogP contribution in [0.15, 0.2) is 102 Å². The molecule has 1 N–H and O–H groups in total. The molecule has 0 radical (unpaired) electrons. The third-order valence-electron chi connectivity index (χ3n) is 8.31. The van der Waals surface area contributed by atoms with E-state index in [1.807, 2.05) is 51.1 Å². The van der Waals surface area contributed by atoms with Crippen molar-refractivity contribution in [2.45, 2.75) is 70.2 Å². The first kappa shape index (κ1) is 37.5. The summed E-state index contributed by atoms with van der Waals surface area (Å²) in [6.45, 7) is 6.38. The van der Waals surface area contributed by atoms with Crippen LogP contribution in [0.2, 0.25) is 5.02 Å². The molecule has 2 atom stereocenters. The smallest absolute Gasteiger partial charge is 0.352 e. The summed E-state index contributed by atoms with van der Waals surface area (Å²) >= 11 is 5.89. The number of rotatable bonds is 13. The maximum atomic E-state index is 14.6. The molecule has 49 heavy (non-hydrogen) atoms. The Balaban J connectivity index is 1.88. The second-order valence-electron chi connectivity index (χ2n) is 12.0. The normalized spacial score (nSPS) is 13.0. The molecule has 0 saturated heterocycles. The van der Waals surface area contributed by atoms with Gasteiger partial charge < -0.3 is 10.2 Å². The predicted molar refractivity (Wildman–Crippen MR) is 186 cm³/mol. The third-order valence-corrected chi connectivity index (χ3v) is 10.4. The van der Waals surface area contributed by atoms with Gasteiger partial charge >= 0.3 is 6.18 Å². The van der Waals surface area contributed by atoms with Crippen molar-refractivity contribution in [1.29, 1.82) is 0 Å². The summed E-state index contributed by atoms with van der Waals surface area (Å²) in [4.78, 5) is 29.7. The van der Waals surface area contributed by atoms with Crippen LogP contribution in [-0.4, -0.2) is 43.8 Å². The lowest BCUT2D eigenvalue weighted by Gasteiger charge is -2.34. The van der Waals surface area contributed by atoms with Crippen LogP contribution in [0.4, 0.5) is 18.9 Å². The molecule has 4 aromatic rings. The highest BCUT2D eigenvalue weighted by Crippen LogP contribution is 2.38. The average Bonchev–Trinajstić information content (AvgIpc) is 3.06. The number of carbonyl (C=O) groups is 2. The minimum Gasteiger partial charge on any atom is -0.352 e. The number of aryl methyl sites for hydroxylation is 2. The number of nitrogens with one attached hydrogen (secondary N) is 1. The molecule has 0 aliphatic heterocycles. The zero-order chi connectivity index (χ0) is 35.9. The van der Waals surface area contributed by atoms with Crippen LogP contribution in [0.1, 0.15) is 48.1 Å². The second-order valence-corrected chi connectivity index (χ2v) is 14.2. The maximum Gasteiger partial charge on any atom is 0.417 e. The van der Waals surface area contributed by atoms with Gasteiger partial charge in [-0.05, 0) is 74.2 Å². The Hall–Kier alpha value is -4.35. The number of benzene rings is 4. The Bertz CT molecular complexity index is 1870. The van der Waals surface area contributed by atoms with Gasteiger partial charge in [-0.25, -0.2) is 8.42 Å². The first-order valence-electron chi connectivity index (χ1n) is 15.8. The minimum atomic E-state index is -4.90. The fraction of sp³-hybridized carbons (Fsp3) is 0.297. The molecule has 0 saturated carbocycles. The van der Waals surface area contributed by atoms with E-state index in [-0.39, 0.29) is 23.9 Å². The Kier molecular flexibility index (Phi) is 12.2. The molecule has 0 aromatic heterocycles. The van der Waals surface area contributed by atoms with Crippen molar-refractivity contribution in [1.82, 2.24) is 10.2 Å². The number of hydrogen-bond acceptors (Lipinski definition) is 4. The van der Waals surface area contributed by atoms with Crippen LogP contribution in [0.5, 0.6) is 0 Å². The topological polar surface area (TPSA) is 86.8 Å². The minimum absolute atomic E-state index is 0.0657. The van der Waals surface area contributed by atoms with Crippen LogP contribution in [-0.2, 0) is 38.8 Å². The van der Waals surface area contributed by atoms with Gasteiger partial charge in [0.05, 0.1) is 21.2 Å². The largest absolute Gasteiger partial charge is 0.417 e. The number of carbonyl (C=O) groups excluding carboxylic acids is 2. The SMILES string of the molecule is CCC(C)NC(=O)C(Cc1ccccc1)N(Cc1ccccc1C)C(=O)CN(c1ccc(Cl)c(C(F)(F)F)c1)S(=O)(=O)c1ccc(C)cc1. The zero-order valence-corrected chi connectivity index (χ0v) is 29.2. The second kappa shape index (κ2) is 15.9. The average molecular weight is 714 g/mol. The van der Waals surface area contributed by atoms with Gasteiger partial charge in [0.1, 0.15) is 12.6 Å². The van der Waals surface area contributed by atoms with Gasteiger partial charge in [-0.3, -0.25) is 13.9 Å². The molecule has 2 unspecified atom stereocenters. The summed E-state index contributed by atoms with van der Waals surface area (Å²) in [6, 6.07) is 23.5. The predicted octanol–water partition coefficient (Wildman–Crippen LogP) is 7.73. The fourth-order valence-electron chi connectivity index (χ4n) is 5.22. The monoisotopic (exact) mass is 713 g/mol. The van der Waals surface area contributed by atoms with E-state index in [0.717, 1.165) is 28.8 Å². The van der Waals surface area contributed by atoms with Crippen molar-refractivity contribution >= 4 is 39.1 Å². The fourth-order valence-corrected chi connectivity index (χ4v) is 6.85. The van der Waals surface area contributed by atoms with Gasteiger partial charge in [-0.2, -0.15) is 13.2 Å². The number of alkyl halides is 3. The molecule has 0 aliphatic carbocycles. The molecular formula is C37H39ClF3N3O4S. The van der Waals surface area contributed by atoms with E-state index in [2.05, 4.69) is 5.32 Å². The van der Waals surface area contributed by atoms with Crippen LogP contribution in [0.25, 0.3) is 0 Å². The van der Waals surface area contributed by atoms with Gasteiger partial charge in [0.15, 0.2) is 0 Å². The van der Waals surface area contributed by atoms with Crippen molar-refractivity contribution in [3.8, 4) is 0 Å². The van der Waals surface area contributed by atoms with Gasteiger partial charge in [0, 0.05) is 19.0 Å². The zero-order valence-electron chi connectivity index (χ0n) is 27.7. The number of anilines is 1. The van der Waals surface area contributed by atoms with Gasteiger partial charge in [0.2, 0.25) is 11.8 Å². The van der Waals surface area contributed by atoms with Gasteiger partial charge in [-0.15, -0.1) is 0 Å². The highest BCUT2D eigenvalue weighted by atomic mass is 35.5. The summed E-state index contributed by atoms with van der Waals surface area (Å²) in [5.41, 5.74) is 1.39. The number of halogens is 4. The van der Waals surface area contributed by atoms with E-state index in [1.165, 1.54) is 17.0 Å². The summed E-state index contributed by atoms with van der Waals surface area (Å²) in [5, 5.41) is 2.33. The Morgan fingerprint density at radius 3 is 2.14 bits per heavy atom.